The first-order valence-corrected chi connectivity index (χ1v) is 12.1. The number of Topliss-reactive ketones (excluding diaryl/α,β-unsaturated/α-hetero) is 1. The van der Waals surface area contributed by atoms with Crippen molar-refractivity contribution in [1.29, 1.82) is 0 Å². The number of aromatic amines is 1. The van der Waals surface area contributed by atoms with E-state index < -0.39 is 48.8 Å². The van der Waals surface area contributed by atoms with Crippen molar-refractivity contribution in [3.63, 3.8) is 0 Å². The van der Waals surface area contributed by atoms with Crippen LogP contribution in [0.3, 0.4) is 0 Å². The van der Waals surface area contributed by atoms with E-state index in [0.29, 0.717) is 29.6 Å². The predicted octanol–water partition coefficient (Wildman–Crippen LogP) is 2.14. The minimum atomic E-state index is -3.15. The summed E-state index contributed by atoms with van der Waals surface area (Å²) in [5.41, 5.74) is 0.885. The van der Waals surface area contributed by atoms with Gasteiger partial charge in [0.15, 0.2) is 5.78 Å². The third-order valence-electron chi connectivity index (χ3n) is 6.16. The second-order valence-electron chi connectivity index (χ2n) is 9.37. The lowest BCUT2D eigenvalue weighted by Crippen LogP contribution is -2.53. The van der Waals surface area contributed by atoms with Crippen LogP contribution in [0.4, 0.5) is 8.78 Å². The summed E-state index contributed by atoms with van der Waals surface area (Å²) in [6.45, 7) is 0.0742. The van der Waals surface area contributed by atoms with Crippen molar-refractivity contribution in [3.05, 3.63) is 30.0 Å². The van der Waals surface area contributed by atoms with Crippen molar-refractivity contribution in [2.75, 3.05) is 20.3 Å². The number of hydrogen-bond donors (Lipinski definition) is 4. The Morgan fingerprint density at radius 3 is 2.54 bits per heavy atom. The van der Waals surface area contributed by atoms with E-state index in [1.807, 2.05) is 13.8 Å². The molecule has 3 rings (SSSR count). The minimum Gasteiger partial charge on any atom is -0.496 e. The van der Waals surface area contributed by atoms with E-state index in [9.17, 15) is 28.0 Å². The van der Waals surface area contributed by atoms with Crippen LogP contribution in [0.1, 0.15) is 43.6 Å². The van der Waals surface area contributed by atoms with Gasteiger partial charge in [0.2, 0.25) is 11.8 Å². The Morgan fingerprint density at radius 1 is 1.16 bits per heavy atom. The number of amides is 3. The molecule has 0 aliphatic carbocycles. The Balaban J connectivity index is 1.76. The average molecular weight is 523 g/mol. The fourth-order valence-corrected chi connectivity index (χ4v) is 4.31. The van der Waals surface area contributed by atoms with E-state index >= 15 is 0 Å². The molecule has 202 valence electrons. The summed E-state index contributed by atoms with van der Waals surface area (Å²) < 4.78 is 34.5. The quantitative estimate of drug-likeness (QED) is 0.318. The van der Waals surface area contributed by atoms with E-state index in [1.165, 1.54) is 7.11 Å². The van der Waals surface area contributed by atoms with Crippen LogP contribution in [-0.4, -0.2) is 67.4 Å². The van der Waals surface area contributed by atoms with Crippen LogP contribution >= 0.6 is 0 Å². The zero-order chi connectivity index (χ0) is 27.1. The molecule has 1 saturated heterocycles. The molecule has 1 aliphatic heterocycles. The summed E-state index contributed by atoms with van der Waals surface area (Å²) in [5, 5.41) is 8.59. The molecule has 0 saturated carbocycles. The van der Waals surface area contributed by atoms with E-state index in [0.717, 1.165) is 0 Å². The van der Waals surface area contributed by atoms with Gasteiger partial charge in [0.1, 0.15) is 24.1 Å². The zero-order valence-corrected chi connectivity index (χ0v) is 20.9. The van der Waals surface area contributed by atoms with Crippen molar-refractivity contribution in [2.24, 2.45) is 11.8 Å². The Morgan fingerprint density at radius 2 is 1.92 bits per heavy atom. The van der Waals surface area contributed by atoms with Crippen molar-refractivity contribution < 1.29 is 37.4 Å². The van der Waals surface area contributed by atoms with Gasteiger partial charge in [-0.1, -0.05) is 19.9 Å². The SMILES string of the molecule is COc1cccc2[nH]c(C(=O)N[C@@H](CC(C)C)C(=O)N[C@@H](C[C@@H]3CCNC3=O)C(=O)COC(F)F)cc12. The molecule has 10 nitrogen and oxygen atoms in total. The highest BCUT2D eigenvalue weighted by Crippen LogP contribution is 2.26. The van der Waals surface area contributed by atoms with Crippen molar-refractivity contribution >= 4 is 34.4 Å². The van der Waals surface area contributed by atoms with Gasteiger partial charge in [-0.3, -0.25) is 19.2 Å². The highest BCUT2D eigenvalue weighted by atomic mass is 19.3. The molecule has 3 atom stereocenters. The van der Waals surface area contributed by atoms with Gasteiger partial charge < -0.3 is 30.4 Å². The molecule has 0 spiro atoms. The third kappa shape index (κ3) is 7.48. The van der Waals surface area contributed by atoms with Crippen LogP contribution in [0.5, 0.6) is 5.75 Å². The summed E-state index contributed by atoms with van der Waals surface area (Å²) in [4.78, 5) is 53.9. The topological polar surface area (TPSA) is 139 Å². The number of H-pyrrole nitrogens is 1. The van der Waals surface area contributed by atoms with Crippen LogP contribution < -0.4 is 20.7 Å². The number of nitrogens with one attached hydrogen (secondary N) is 4. The molecule has 1 fully saturated rings. The molecule has 0 bridgehead atoms. The molecule has 1 aromatic carbocycles. The lowest BCUT2D eigenvalue weighted by molar-refractivity contribution is -0.152. The number of methoxy groups -OCH3 is 1. The van der Waals surface area contributed by atoms with Crippen molar-refractivity contribution in [3.8, 4) is 5.75 Å². The second kappa shape index (κ2) is 12.6. The maximum Gasteiger partial charge on any atom is 0.345 e. The van der Waals surface area contributed by atoms with Gasteiger partial charge in [-0.25, -0.2) is 0 Å². The molecule has 1 aromatic heterocycles. The molecule has 0 unspecified atom stereocenters. The lowest BCUT2D eigenvalue weighted by Gasteiger charge is -2.25. The third-order valence-corrected chi connectivity index (χ3v) is 6.16. The van der Waals surface area contributed by atoms with Crippen LogP contribution in [0, 0.1) is 11.8 Å². The Hall–Kier alpha value is -3.54. The summed E-state index contributed by atoms with van der Waals surface area (Å²) in [7, 11) is 1.52. The number of fused-ring (bicyclic) bond motifs is 1. The summed E-state index contributed by atoms with van der Waals surface area (Å²) in [5.74, 6) is -2.25. The molecular weight excluding hydrogens is 490 g/mol. The van der Waals surface area contributed by atoms with Crippen LogP contribution in [0.2, 0.25) is 0 Å². The number of halogens is 2. The van der Waals surface area contributed by atoms with E-state index in [4.69, 9.17) is 4.74 Å². The zero-order valence-electron chi connectivity index (χ0n) is 20.9. The lowest BCUT2D eigenvalue weighted by atomic mass is 9.95. The molecule has 4 N–H and O–H groups in total. The number of alkyl halides is 2. The largest absolute Gasteiger partial charge is 0.496 e. The first-order chi connectivity index (χ1) is 17.6. The molecule has 12 heteroatoms. The number of ether oxygens (including phenoxy) is 2. The summed E-state index contributed by atoms with van der Waals surface area (Å²) >= 11 is 0. The number of ketones is 1. The number of carbonyl (C=O) groups is 4. The van der Waals surface area contributed by atoms with E-state index in [1.54, 1.807) is 24.3 Å². The predicted molar refractivity (Wildman–Crippen MR) is 130 cm³/mol. The molecule has 2 heterocycles. The van der Waals surface area contributed by atoms with Crippen molar-refractivity contribution in [1.82, 2.24) is 20.9 Å². The summed E-state index contributed by atoms with van der Waals surface area (Å²) in [6.07, 6.45) is 0.636. The molecule has 1 aliphatic rings. The summed E-state index contributed by atoms with van der Waals surface area (Å²) in [6, 6.07) is 4.67. The van der Waals surface area contributed by atoms with Gasteiger partial charge in [-0.05, 0) is 43.4 Å². The fraction of sp³-hybridized carbons (Fsp3) is 0.520. The van der Waals surface area contributed by atoms with Crippen LogP contribution in [0.25, 0.3) is 10.9 Å². The van der Waals surface area contributed by atoms with Crippen molar-refractivity contribution in [2.45, 2.75) is 51.8 Å². The van der Waals surface area contributed by atoms with Crippen LogP contribution in [-0.2, 0) is 19.1 Å². The second-order valence-corrected chi connectivity index (χ2v) is 9.37. The first-order valence-electron chi connectivity index (χ1n) is 12.1. The number of hydrogen-bond acceptors (Lipinski definition) is 6. The molecular formula is C25H32F2N4O6. The normalized spacial score (nSPS) is 17.1. The van der Waals surface area contributed by atoms with E-state index in [2.05, 4.69) is 25.7 Å². The number of aromatic nitrogens is 1. The molecule has 37 heavy (non-hydrogen) atoms. The number of rotatable bonds is 13. The smallest absolute Gasteiger partial charge is 0.345 e. The Kier molecular flexibility index (Phi) is 9.56. The fourth-order valence-electron chi connectivity index (χ4n) is 4.31. The van der Waals surface area contributed by atoms with Gasteiger partial charge in [0.05, 0.1) is 13.2 Å². The molecule has 3 amide bonds. The van der Waals surface area contributed by atoms with Crippen LogP contribution in [0.15, 0.2) is 24.3 Å². The van der Waals surface area contributed by atoms with Gasteiger partial charge >= 0.3 is 6.61 Å². The van der Waals surface area contributed by atoms with Gasteiger partial charge in [-0.15, -0.1) is 0 Å². The maximum absolute atomic E-state index is 13.2. The molecule has 2 aromatic rings. The highest BCUT2D eigenvalue weighted by molar-refractivity contribution is 6.02. The first kappa shape index (κ1) is 28.0. The Bertz CT molecular complexity index is 1140. The average Bonchev–Trinajstić information content (AvgIpc) is 3.47. The monoisotopic (exact) mass is 522 g/mol. The van der Waals surface area contributed by atoms with Gasteiger partial charge in [0, 0.05) is 23.4 Å². The molecule has 0 radical (unpaired) electrons. The standard InChI is InChI=1S/C25H32F2N4O6/c1-13(2)9-18(31-24(35)19-11-15-16(29-19)5-4-6-21(15)36-3)23(34)30-17(20(32)12-37-25(26)27)10-14-7-8-28-22(14)33/h4-6,11,13-14,17-18,25,29H,7-10,12H2,1-3H3,(H,28,33)(H,30,34)(H,31,35)/t14-,17-,18-/m0/s1. The maximum atomic E-state index is 13.2. The number of carbonyl (C=O) groups excluding carboxylic acids is 4. The minimum absolute atomic E-state index is 0.00390. The van der Waals surface area contributed by atoms with E-state index in [-0.39, 0.29) is 30.4 Å². The Labute approximate surface area is 212 Å². The van der Waals surface area contributed by atoms with Gasteiger partial charge in [-0.2, -0.15) is 8.78 Å². The van der Waals surface area contributed by atoms with Gasteiger partial charge in [0.25, 0.3) is 5.91 Å². The highest BCUT2D eigenvalue weighted by Gasteiger charge is 2.33. The number of benzene rings is 1.